The monoisotopic (exact) mass is 430 g/mol. The van der Waals surface area contributed by atoms with Gasteiger partial charge in [0.05, 0.1) is 11.9 Å². The van der Waals surface area contributed by atoms with Crippen LogP contribution in [0.25, 0.3) is 11.3 Å². The van der Waals surface area contributed by atoms with Gasteiger partial charge in [0, 0.05) is 14.7 Å². The predicted octanol–water partition coefficient (Wildman–Crippen LogP) is 4.40. The number of carbonyl (C=O) groups is 1. The molecule has 0 fully saturated rings. The molecule has 0 bridgehead atoms. The van der Waals surface area contributed by atoms with Crippen LogP contribution in [0.1, 0.15) is 47.6 Å². The summed E-state index contributed by atoms with van der Waals surface area (Å²) >= 11 is 2.01. The van der Waals surface area contributed by atoms with Crippen molar-refractivity contribution in [3.05, 3.63) is 44.4 Å². The van der Waals surface area contributed by atoms with Crippen LogP contribution in [0.2, 0.25) is 0 Å². The Morgan fingerprint density at radius 1 is 1.30 bits per heavy atom. The maximum atomic E-state index is 13.4. The third kappa shape index (κ3) is 2.60. The Morgan fingerprint density at radius 2 is 2.00 bits per heavy atom. The zero-order valence-corrected chi connectivity index (χ0v) is 14.8. The van der Waals surface area contributed by atoms with E-state index in [0.29, 0.717) is 14.8 Å². The molecule has 0 unspecified atom stereocenters. The number of halogens is 3. The lowest BCUT2D eigenvalue weighted by molar-refractivity contribution is 0.00813. The van der Waals surface area contributed by atoms with E-state index < -0.39 is 18.0 Å². The van der Waals surface area contributed by atoms with E-state index in [1.165, 1.54) is 12.3 Å². The molecule has 2 aromatic rings. The molecule has 0 aliphatic carbocycles. The molecule has 2 heterocycles. The summed E-state index contributed by atoms with van der Waals surface area (Å²) in [6, 6.07) is 3.03. The standard InChI is InChI=1S/C16H13F2IN2O2/c1-7-4-5-8(14(17)18)10(11(7)19)9-6-20-13-12(21-9)15(22)23-16(13,2)3/h4-6,14H,1-3H3. The Bertz CT molecular complexity index is 822. The van der Waals surface area contributed by atoms with Crippen LogP contribution in [0.4, 0.5) is 8.78 Å². The second-order valence-corrected chi connectivity index (χ2v) is 6.89. The van der Waals surface area contributed by atoms with E-state index in [4.69, 9.17) is 4.74 Å². The molecule has 3 rings (SSSR count). The first-order valence-electron chi connectivity index (χ1n) is 6.90. The van der Waals surface area contributed by atoms with Gasteiger partial charge in [0.2, 0.25) is 0 Å². The van der Waals surface area contributed by atoms with Crippen LogP contribution in [0.5, 0.6) is 0 Å². The quantitative estimate of drug-likeness (QED) is 0.524. The van der Waals surface area contributed by atoms with Crippen LogP contribution in [0.3, 0.4) is 0 Å². The number of fused-ring (bicyclic) bond motifs is 1. The lowest BCUT2D eigenvalue weighted by Gasteiger charge is -2.16. The molecule has 120 valence electrons. The minimum absolute atomic E-state index is 0.0880. The summed E-state index contributed by atoms with van der Waals surface area (Å²) in [6.07, 6.45) is -1.22. The van der Waals surface area contributed by atoms with Crippen molar-refractivity contribution in [3.63, 3.8) is 0 Å². The van der Waals surface area contributed by atoms with Gasteiger partial charge in [-0.25, -0.2) is 18.6 Å². The van der Waals surface area contributed by atoms with Gasteiger partial charge in [-0.2, -0.15) is 0 Å². The average Bonchev–Trinajstić information content (AvgIpc) is 2.70. The Kier molecular flexibility index (Phi) is 3.86. The number of cyclic esters (lactones) is 1. The molecule has 0 saturated heterocycles. The molecule has 4 nitrogen and oxygen atoms in total. The number of aromatic nitrogens is 2. The number of hydrogen-bond donors (Lipinski definition) is 0. The van der Waals surface area contributed by atoms with Gasteiger partial charge in [-0.1, -0.05) is 12.1 Å². The number of alkyl halides is 2. The maximum absolute atomic E-state index is 13.4. The molecular weight excluding hydrogens is 417 g/mol. The van der Waals surface area contributed by atoms with Crippen molar-refractivity contribution >= 4 is 28.6 Å². The van der Waals surface area contributed by atoms with E-state index in [-0.39, 0.29) is 17.0 Å². The SMILES string of the molecule is Cc1ccc(C(F)F)c(-c2cnc3c(n2)C(=O)OC3(C)C)c1I. The fourth-order valence-corrected chi connectivity index (χ4v) is 3.33. The number of carbonyl (C=O) groups excluding carboxylic acids is 1. The molecule has 7 heteroatoms. The highest BCUT2D eigenvalue weighted by Crippen LogP contribution is 2.38. The highest BCUT2D eigenvalue weighted by Gasteiger charge is 2.41. The Morgan fingerprint density at radius 3 is 2.65 bits per heavy atom. The summed E-state index contributed by atoms with van der Waals surface area (Å²) in [5.74, 6) is -0.583. The molecule has 0 amide bonds. The molecule has 1 aromatic carbocycles. The van der Waals surface area contributed by atoms with Gasteiger partial charge in [-0.15, -0.1) is 0 Å². The molecule has 0 spiro atoms. The topological polar surface area (TPSA) is 52.1 Å². The minimum Gasteiger partial charge on any atom is -0.448 e. The van der Waals surface area contributed by atoms with E-state index in [0.717, 1.165) is 5.56 Å². The van der Waals surface area contributed by atoms with Crippen LogP contribution in [0, 0.1) is 10.5 Å². The van der Waals surface area contributed by atoms with Crippen LogP contribution in [-0.2, 0) is 10.3 Å². The van der Waals surface area contributed by atoms with Crippen LogP contribution >= 0.6 is 22.6 Å². The van der Waals surface area contributed by atoms with Crippen molar-refractivity contribution in [1.29, 1.82) is 0 Å². The molecule has 1 aliphatic rings. The number of nitrogens with zero attached hydrogens (tertiary/aromatic N) is 2. The summed E-state index contributed by atoms with van der Waals surface area (Å²) in [5.41, 5.74) is 0.950. The average molecular weight is 430 g/mol. The molecule has 23 heavy (non-hydrogen) atoms. The van der Waals surface area contributed by atoms with Gasteiger partial charge >= 0.3 is 5.97 Å². The van der Waals surface area contributed by atoms with Crippen molar-refractivity contribution in [1.82, 2.24) is 9.97 Å². The molecule has 1 aliphatic heterocycles. The summed E-state index contributed by atoms with van der Waals surface area (Å²) in [7, 11) is 0. The Labute approximate surface area is 145 Å². The van der Waals surface area contributed by atoms with E-state index in [1.54, 1.807) is 19.9 Å². The summed E-state index contributed by atoms with van der Waals surface area (Å²) in [5, 5.41) is 0. The largest absolute Gasteiger partial charge is 0.448 e. The van der Waals surface area contributed by atoms with Crippen molar-refractivity contribution in [2.45, 2.75) is 32.8 Å². The lowest BCUT2D eigenvalue weighted by Crippen LogP contribution is -2.17. The second kappa shape index (κ2) is 5.47. The number of ether oxygens (including phenoxy) is 1. The first-order valence-corrected chi connectivity index (χ1v) is 7.98. The Hall–Kier alpha value is -1.64. The highest BCUT2D eigenvalue weighted by molar-refractivity contribution is 14.1. The van der Waals surface area contributed by atoms with Gasteiger partial charge in [0.25, 0.3) is 6.43 Å². The summed E-state index contributed by atoms with van der Waals surface area (Å²) in [4.78, 5) is 20.5. The zero-order chi connectivity index (χ0) is 16.9. The molecule has 0 N–H and O–H groups in total. The van der Waals surface area contributed by atoms with Gasteiger partial charge in [0.1, 0.15) is 5.69 Å². The molecule has 0 saturated carbocycles. The third-order valence-electron chi connectivity index (χ3n) is 3.74. The van der Waals surface area contributed by atoms with Gasteiger partial charge in [-0.05, 0) is 48.9 Å². The van der Waals surface area contributed by atoms with E-state index in [1.807, 2.05) is 29.5 Å². The molecule has 0 atom stereocenters. The van der Waals surface area contributed by atoms with Gasteiger partial charge in [0.15, 0.2) is 11.3 Å². The first-order chi connectivity index (χ1) is 10.7. The maximum Gasteiger partial charge on any atom is 0.359 e. The fourth-order valence-electron chi connectivity index (χ4n) is 2.56. The van der Waals surface area contributed by atoms with Gasteiger partial charge < -0.3 is 4.74 Å². The van der Waals surface area contributed by atoms with Crippen LogP contribution < -0.4 is 0 Å². The van der Waals surface area contributed by atoms with E-state index in [2.05, 4.69) is 9.97 Å². The van der Waals surface area contributed by atoms with E-state index in [9.17, 15) is 13.6 Å². The zero-order valence-electron chi connectivity index (χ0n) is 12.7. The predicted molar refractivity (Wildman–Crippen MR) is 88.3 cm³/mol. The summed E-state index contributed by atoms with van der Waals surface area (Å²) in [6.45, 7) is 5.26. The lowest BCUT2D eigenvalue weighted by atomic mass is 10.0. The highest BCUT2D eigenvalue weighted by atomic mass is 127. The third-order valence-corrected chi connectivity index (χ3v) is 5.13. The van der Waals surface area contributed by atoms with Crippen LogP contribution in [-0.4, -0.2) is 15.9 Å². The minimum atomic E-state index is -2.64. The number of esters is 1. The van der Waals surface area contributed by atoms with E-state index >= 15 is 0 Å². The first kappa shape index (κ1) is 16.2. The van der Waals surface area contributed by atoms with Crippen LogP contribution in [0.15, 0.2) is 18.3 Å². The smallest absolute Gasteiger partial charge is 0.359 e. The number of aryl methyl sites for hydroxylation is 1. The molecule has 1 aromatic heterocycles. The van der Waals surface area contributed by atoms with Crippen molar-refractivity contribution in [2.24, 2.45) is 0 Å². The normalized spacial score (nSPS) is 15.7. The van der Waals surface area contributed by atoms with Crippen molar-refractivity contribution in [2.75, 3.05) is 0 Å². The number of rotatable bonds is 2. The number of benzene rings is 1. The Balaban J connectivity index is 2.24. The van der Waals surface area contributed by atoms with Crippen molar-refractivity contribution in [3.8, 4) is 11.3 Å². The van der Waals surface area contributed by atoms with Gasteiger partial charge in [-0.3, -0.25) is 4.98 Å². The van der Waals surface area contributed by atoms with Crippen molar-refractivity contribution < 1.29 is 18.3 Å². The summed E-state index contributed by atoms with van der Waals surface area (Å²) < 4.78 is 32.6. The molecule has 0 radical (unpaired) electrons. The molecular formula is C16H13F2IN2O2. The fraction of sp³-hybridized carbons (Fsp3) is 0.312. The second-order valence-electron chi connectivity index (χ2n) is 5.81. The number of hydrogen-bond acceptors (Lipinski definition) is 4.